The average Bonchev–Trinajstić information content (AvgIpc) is 2.15. The Balaban J connectivity index is 0.00000289. The molecular formula is C11H20ClN3O2S. The molecule has 0 bridgehead atoms. The molecule has 0 heterocycles. The molecule has 1 rings (SSSR count). The van der Waals surface area contributed by atoms with Crippen LogP contribution in [0.1, 0.15) is 6.92 Å². The molecule has 0 aliphatic heterocycles. The fourth-order valence-corrected chi connectivity index (χ4v) is 2.58. The van der Waals surface area contributed by atoms with E-state index in [1.54, 1.807) is 12.1 Å². The lowest BCUT2D eigenvalue weighted by atomic mass is 10.3. The molecule has 1 atom stereocenters. The molecule has 1 aromatic carbocycles. The van der Waals surface area contributed by atoms with Gasteiger partial charge in [0.2, 0.25) is 10.0 Å². The van der Waals surface area contributed by atoms with Crippen molar-refractivity contribution in [3.63, 3.8) is 0 Å². The summed E-state index contributed by atoms with van der Waals surface area (Å²) in [5.74, 6) is 0. The van der Waals surface area contributed by atoms with Crippen molar-refractivity contribution in [2.45, 2.75) is 18.0 Å². The minimum Gasteiger partial charge on any atom is -1.00 e. The third-order valence-corrected chi connectivity index (χ3v) is 4.18. The largest absolute Gasteiger partial charge is 1.00 e. The predicted octanol–water partition coefficient (Wildman–Crippen LogP) is -2.40. The summed E-state index contributed by atoms with van der Waals surface area (Å²) in [6, 6.07) is 6.26. The SMILES string of the molecule is CC(NS(=O)(=O)c1cccc(N)c1)[N+](C)(C)C.[Cl-]. The molecule has 0 fully saturated rings. The van der Waals surface area contributed by atoms with Gasteiger partial charge in [-0.2, -0.15) is 4.72 Å². The maximum absolute atomic E-state index is 12.1. The first-order chi connectivity index (χ1) is 7.63. The lowest BCUT2D eigenvalue weighted by molar-refractivity contribution is -0.895. The molecule has 7 heteroatoms. The van der Waals surface area contributed by atoms with Crippen LogP contribution in [0.2, 0.25) is 0 Å². The third kappa shape index (κ3) is 4.45. The number of hydrogen-bond donors (Lipinski definition) is 2. The Bertz CT molecular complexity index is 497. The number of hydrogen-bond acceptors (Lipinski definition) is 3. The Morgan fingerprint density at radius 3 is 2.28 bits per heavy atom. The predicted molar refractivity (Wildman–Crippen MR) is 68.7 cm³/mol. The Morgan fingerprint density at radius 1 is 1.28 bits per heavy atom. The van der Waals surface area contributed by atoms with Crippen LogP contribution < -0.4 is 22.9 Å². The van der Waals surface area contributed by atoms with Crippen molar-refractivity contribution in [2.75, 3.05) is 26.9 Å². The molecule has 104 valence electrons. The third-order valence-electron chi connectivity index (χ3n) is 2.66. The van der Waals surface area contributed by atoms with Gasteiger partial charge >= 0.3 is 0 Å². The van der Waals surface area contributed by atoms with Crippen molar-refractivity contribution in [2.24, 2.45) is 0 Å². The highest BCUT2D eigenvalue weighted by atomic mass is 35.5. The Kier molecular flexibility index (Phi) is 5.61. The van der Waals surface area contributed by atoms with Gasteiger partial charge in [0, 0.05) is 12.6 Å². The van der Waals surface area contributed by atoms with E-state index < -0.39 is 10.0 Å². The smallest absolute Gasteiger partial charge is 0.245 e. The first-order valence-corrected chi connectivity index (χ1v) is 6.80. The van der Waals surface area contributed by atoms with E-state index in [-0.39, 0.29) is 23.5 Å². The fraction of sp³-hybridized carbons (Fsp3) is 0.455. The number of nitrogens with one attached hydrogen (secondary N) is 1. The second-order valence-corrected chi connectivity index (χ2v) is 6.70. The molecule has 1 unspecified atom stereocenters. The van der Waals surface area contributed by atoms with E-state index in [9.17, 15) is 8.42 Å². The van der Waals surface area contributed by atoms with Gasteiger partial charge in [-0.25, -0.2) is 8.42 Å². The second-order valence-electron chi connectivity index (χ2n) is 4.99. The van der Waals surface area contributed by atoms with Crippen LogP contribution in [0.4, 0.5) is 5.69 Å². The van der Waals surface area contributed by atoms with Crippen LogP contribution in [0.15, 0.2) is 29.2 Å². The first-order valence-electron chi connectivity index (χ1n) is 5.32. The Morgan fingerprint density at radius 2 is 1.83 bits per heavy atom. The summed E-state index contributed by atoms with van der Waals surface area (Å²) < 4.78 is 27.3. The summed E-state index contributed by atoms with van der Waals surface area (Å²) >= 11 is 0. The maximum atomic E-state index is 12.1. The van der Waals surface area contributed by atoms with Crippen molar-refractivity contribution >= 4 is 15.7 Å². The molecule has 0 spiro atoms. The van der Waals surface area contributed by atoms with Crippen LogP contribution in [-0.2, 0) is 10.0 Å². The number of halogens is 1. The summed E-state index contributed by atoms with van der Waals surface area (Å²) in [6.07, 6.45) is -0.221. The van der Waals surface area contributed by atoms with E-state index in [1.807, 2.05) is 28.1 Å². The van der Waals surface area contributed by atoms with E-state index in [2.05, 4.69) is 4.72 Å². The van der Waals surface area contributed by atoms with E-state index in [4.69, 9.17) is 5.73 Å². The zero-order valence-corrected chi connectivity index (χ0v) is 12.6. The van der Waals surface area contributed by atoms with Gasteiger partial charge in [-0.1, -0.05) is 6.07 Å². The normalized spacial score (nSPS) is 13.8. The zero-order chi connectivity index (χ0) is 13.3. The monoisotopic (exact) mass is 293 g/mol. The van der Waals surface area contributed by atoms with E-state index in [0.29, 0.717) is 10.2 Å². The lowest BCUT2D eigenvalue weighted by Crippen LogP contribution is -3.00. The number of anilines is 1. The minimum absolute atomic E-state index is 0. The van der Waals surface area contributed by atoms with Crippen molar-refractivity contribution < 1.29 is 25.3 Å². The summed E-state index contributed by atoms with van der Waals surface area (Å²) in [6.45, 7) is 1.82. The summed E-state index contributed by atoms with van der Waals surface area (Å²) in [5, 5.41) is 0. The van der Waals surface area contributed by atoms with Crippen molar-refractivity contribution in [3.8, 4) is 0 Å². The second kappa shape index (κ2) is 5.88. The number of benzene rings is 1. The molecule has 3 N–H and O–H groups in total. The average molecular weight is 294 g/mol. The molecule has 5 nitrogen and oxygen atoms in total. The highest BCUT2D eigenvalue weighted by Gasteiger charge is 2.25. The van der Waals surface area contributed by atoms with Gasteiger partial charge < -0.3 is 22.6 Å². The van der Waals surface area contributed by atoms with Crippen LogP contribution in [0, 0.1) is 0 Å². The van der Waals surface area contributed by atoms with Crippen LogP contribution in [-0.4, -0.2) is 40.2 Å². The van der Waals surface area contributed by atoms with Crippen molar-refractivity contribution in [3.05, 3.63) is 24.3 Å². The van der Waals surface area contributed by atoms with E-state index in [1.165, 1.54) is 12.1 Å². The molecular weight excluding hydrogens is 274 g/mol. The molecule has 0 radical (unpaired) electrons. The van der Waals surface area contributed by atoms with E-state index >= 15 is 0 Å². The van der Waals surface area contributed by atoms with Crippen LogP contribution in [0.25, 0.3) is 0 Å². The number of quaternary nitrogens is 1. The molecule has 18 heavy (non-hydrogen) atoms. The number of nitrogen functional groups attached to an aromatic ring is 1. The Labute approximate surface area is 115 Å². The van der Waals surface area contributed by atoms with Gasteiger partial charge in [0.1, 0.15) is 0 Å². The fourth-order valence-electron chi connectivity index (χ4n) is 1.13. The number of nitrogens with zero attached hydrogens (tertiary/aromatic N) is 1. The maximum Gasteiger partial charge on any atom is 0.245 e. The van der Waals surface area contributed by atoms with Gasteiger partial charge in [0.05, 0.1) is 26.0 Å². The van der Waals surface area contributed by atoms with Crippen molar-refractivity contribution in [1.82, 2.24) is 4.72 Å². The first kappa shape index (κ1) is 17.2. The summed E-state index contributed by atoms with van der Waals surface area (Å²) in [4.78, 5) is 0.192. The van der Waals surface area contributed by atoms with Crippen molar-refractivity contribution in [1.29, 1.82) is 0 Å². The molecule has 0 saturated carbocycles. The topological polar surface area (TPSA) is 72.2 Å². The zero-order valence-electron chi connectivity index (χ0n) is 11.0. The number of sulfonamides is 1. The standard InChI is InChI=1S/C11H20N3O2S.ClH/c1-9(14(2,3)4)13-17(15,16)11-7-5-6-10(12)8-11;/h5-9,13H,12H2,1-4H3;1H/q+1;/p-1. The summed E-state index contributed by atoms with van der Waals surface area (Å²) in [5.41, 5.74) is 6.01. The number of rotatable bonds is 4. The highest BCUT2D eigenvalue weighted by molar-refractivity contribution is 7.89. The van der Waals surface area contributed by atoms with Crippen LogP contribution in [0.3, 0.4) is 0 Å². The van der Waals surface area contributed by atoms with Gasteiger partial charge in [-0.15, -0.1) is 0 Å². The van der Waals surface area contributed by atoms with Gasteiger partial charge in [-0.3, -0.25) is 0 Å². The Hall–Kier alpha value is -0.820. The van der Waals surface area contributed by atoms with Gasteiger partial charge in [0.25, 0.3) is 0 Å². The van der Waals surface area contributed by atoms with Crippen LogP contribution >= 0.6 is 0 Å². The van der Waals surface area contributed by atoms with Gasteiger partial charge in [0.15, 0.2) is 6.17 Å². The minimum atomic E-state index is -3.51. The molecule has 0 aliphatic carbocycles. The van der Waals surface area contributed by atoms with Crippen LogP contribution in [0.5, 0.6) is 0 Å². The molecule has 0 amide bonds. The van der Waals surface area contributed by atoms with Gasteiger partial charge in [-0.05, 0) is 18.2 Å². The van der Waals surface area contributed by atoms with E-state index in [0.717, 1.165) is 0 Å². The lowest BCUT2D eigenvalue weighted by Gasteiger charge is -2.31. The molecule has 0 saturated heterocycles. The summed E-state index contributed by atoms with van der Waals surface area (Å²) in [7, 11) is 2.26. The molecule has 1 aromatic rings. The highest BCUT2D eigenvalue weighted by Crippen LogP contribution is 2.14. The molecule has 0 aromatic heterocycles. The number of nitrogens with two attached hydrogens (primary N) is 1. The molecule has 0 aliphatic rings. The quantitative estimate of drug-likeness (QED) is 0.369.